The van der Waals surface area contributed by atoms with E-state index in [1.165, 1.54) is 66.4 Å². The van der Waals surface area contributed by atoms with E-state index in [-0.39, 0.29) is 5.91 Å². The molecule has 0 radical (unpaired) electrons. The van der Waals surface area contributed by atoms with E-state index in [9.17, 15) is 4.79 Å². The first-order chi connectivity index (χ1) is 15.2. The fourth-order valence-corrected chi connectivity index (χ4v) is 6.50. The van der Waals surface area contributed by atoms with E-state index in [4.69, 9.17) is 0 Å². The van der Waals surface area contributed by atoms with Crippen LogP contribution in [0.1, 0.15) is 44.1 Å². The Morgan fingerprint density at radius 2 is 1.81 bits per heavy atom. The smallest absolute Gasteiger partial charge is 0.227 e. The molecule has 3 nitrogen and oxygen atoms in total. The molecule has 0 bridgehead atoms. The summed E-state index contributed by atoms with van der Waals surface area (Å²) < 4.78 is 1.28. The molecule has 5 rings (SSSR count). The SMILES string of the molecule is CN(C(=O)Cc1ccc2scc(-c3ccccc3)c2c1)C1CCCCC1N1CCCC1. The van der Waals surface area contributed by atoms with Gasteiger partial charge < -0.3 is 4.90 Å². The summed E-state index contributed by atoms with van der Waals surface area (Å²) in [6.45, 7) is 2.42. The Bertz CT molecular complexity index is 1040. The maximum Gasteiger partial charge on any atom is 0.227 e. The van der Waals surface area contributed by atoms with Crippen molar-refractivity contribution in [3.63, 3.8) is 0 Å². The molecule has 2 aromatic carbocycles. The molecule has 2 heterocycles. The van der Waals surface area contributed by atoms with Crippen molar-refractivity contribution in [2.75, 3.05) is 20.1 Å². The third-order valence-corrected chi connectivity index (χ3v) is 8.24. The molecule has 1 saturated heterocycles. The van der Waals surface area contributed by atoms with Crippen LogP contribution in [0.4, 0.5) is 0 Å². The second-order valence-corrected chi connectivity index (χ2v) is 10.1. The van der Waals surface area contributed by atoms with Crippen LogP contribution in [0.3, 0.4) is 0 Å². The highest BCUT2D eigenvalue weighted by Gasteiger charge is 2.35. The van der Waals surface area contributed by atoms with Gasteiger partial charge in [0, 0.05) is 34.8 Å². The fraction of sp³-hybridized carbons (Fsp3) is 0.444. The van der Waals surface area contributed by atoms with Crippen molar-refractivity contribution in [2.45, 2.75) is 57.0 Å². The third-order valence-electron chi connectivity index (χ3n) is 7.27. The molecule has 1 aliphatic carbocycles. The summed E-state index contributed by atoms with van der Waals surface area (Å²) in [5, 5.41) is 3.50. The monoisotopic (exact) mass is 432 g/mol. The molecule has 1 aromatic heterocycles. The summed E-state index contributed by atoms with van der Waals surface area (Å²) in [6, 6.07) is 18.0. The number of amides is 1. The molecule has 3 aromatic rings. The molecule has 1 amide bonds. The number of benzene rings is 2. The lowest BCUT2D eigenvalue weighted by atomic mass is 9.88. The maximum absolute atomic E-state index is 13.3. The Labute approximate surface area is 189 Å². The zero-order chi connectivity index (χ0) is 21.2. The average Bonchev–Trinajstić information content (AvgIpc) is 3.49. The van der Waals surface area contributed by atoms with Gasteiger partial charge in [0.05, 0.1) is 6.42 Å². The van der Waals surface area contributed by atoms with Crippen LogP contribution in [0.2, 0.25) is 0 Å². The van der Waals surface area contributed by atoms with Crippen LogP contribution in [0, 0.1) is 0 Å². The van der Waals surface area contributed by atoms with Crippen molar-refractivity contribution < 1.29 is 4.79 Å². The number of carbonyl (C=O) groups is 1. The normalized spacial score (nSPS) is 22.1. The van der Waals surface area contributed by atoms with Gasteiger partial charge in [-0.1, -0.05) is 49.2 Å². The Kier molecular flexibility index (Phi) is 6.10. The lowest BCUT2D eigenvalue weighted by molar-refractivity contribution is -0.133. The van der Waals surface area contributed by atoms with Crippen LogP contribution in [-0.2, 0) is 11.2 Å². The Hall–Kier alpha value is -2.17. The number of hydrogen-bond donors (Lipinski definition) is 0. The molecular formula is C27H32N2OS. The first-order valence-electron chi connectivity index (χ1n) is 11.8. The van der Waals surface area contributed by atoms with Crippen LogP contribution in [0.25, 0.3) is 21.2 Å². The summed E-state index contributed by atoms with van der Waals surface area (Å²) in [4.78, 5) is 18.0. The van der Waals surface area contributed by atoms with E-state index < -0.39 is 0 Å². The summed E-state index contributed by atoms with van der Waals surface area (Å²) in [7, 11) is 2.04. The van der Waals surface area contributed by atoms with Crippen molar-refractivity contribution in [1.29, 1.82) is 0 Å². The molecule has 0 spiro atoms. The van der Waals surface area contributed by atoms with Crippen LogP contribution >= 0.6 is 11.3 Å². The largest absolute Gasteiger partial charge is 0.341 e. The van der Waals surface area contributed by atoms with Crippen LogP contribution in [0.15, 0.2) is 53.9 Å². The van der Waals surface area contributed by atoms with Gasteiger partial charge in [0.15, 0.2) is 0 Å². The number of likely N-dealkylation sites (tertiary alicyclic amines) is 1. The van der Waals surface area contributed by atoms with E-state index in [1.807, 2.05) is 7.05 Å². The lowest BCUT2D eigenvalue weighted by Gasteiger charge is -2.42. The summed E-state index contributed by atoms with van der Waals surface area (Å²) in [5.74, 6) is 0.256. The molecule has 1 saturated carbocycles. The van der Waals surface area contributed by atoms with Crippen LogP contribution < -0.4 is 0 Å². The van der Waals surface area contributed by atoms with Gasteiger partial charge in [-0.15, -0.1) is 11.3 Å². The summed E-state index contributed by atoms with van der Waals surface area (Å²) in [5.41, 5.74) is 3.63. The zero-order valence-corrected chi connectivity index (χ0v) is 19.2. The van der Waals surface area contributed by atoms with Crippen LogP contribution in [0.5, 0.6) is 0 Å². The number of likely N-dealkylation sites (N-methyl/N-ethyl adjacent to an activating group) is 1. The first kappa shape index (κ1) is 20.7. The molecule has 31 heavy (non-hydrogen) atoms. The highest BCUT2D eigenvalue weighted by molar-refractivity contribution is 7.17. The minimum atomic E-state index is 0.256. The van der Waals surface area contributed by atoms with Crippen molar-refractivity contribution in [2.24, 2.45) is 0 Å². The predicted octanol–water partition coefficient (Wildman–Crippen LogP) is 5.98. The number of hydrogen-bond acceptors (Lipinski definition) is 3. The standard InChI is InChI=1S/C27H32N2OS/c1-28(24-11-5-6-12-25(24)29-15-7-8-16-29)27(30)18-20-13-14-26-22(17-20)23(19-31-26)21-9-3-2-4-10-21/h2-4,9-10,13-14,17,19,24-25H,5-8,11-12,15-16,18H2,1H3. The van der Waals surface area contributed by atoms with E-state index in [0.717, 1.165) is 12.0 Å². The van der Waals surface area contributed by atoms with Gasteiger partial charge in [0.25, 0.3) is 0 Å². The highest BCUT2D eigenvalue weighted by atomic mass is 32.1. The average molecular weight is 433 g/mol. The van der Waals surface area contributed by atoms with E-state index >= 15 is 0 Å². The van der Waals surface area contributed by atoms with Gasteiger partial charge in [-0.25, -0.2) is 0 Å². The highest BCUT2D eigenvalue weighted by Crippen LogP contribution is 2.35. The molecular weight excluding hydrogens is 400 g/mol. The quantitative estimate of drug-likeness (QED) is 0.495. The summed E-state index contributed by atoms with van der Waals surface area (Å²) in [6.07, 6.45) is 8.04. The molecule has 4 heteroatoms. The minimum Gasteiger partial charge on any atom is -0.341 e. The topological polar surface area (TPSA) is 23.6 Å². The molecule has 0 N–H and O–H groups in total. The molecule has 2 aliphatic rings. The van der Waals surface area contributed by atoms with Crippen molar-refractivity contribution in [3.8, 4) is 11.1 Å². The second-order valence-electron chi connectivity index (χ2n) is 9.19. The number of nitrogens with zero attached hydrogens (tertiary/aromatic N) is 2. The fourth-order valence-electron chi connectivity index (χ4n) is 5.55. The molecule has 1 aliphatic heterocycles. The number of fused-ring (bicyclic) bond motifs is 1. The lowest BCUT2D eigenvalue weighted by Crippen LogP contribution is -2.53. The van der Waals surface area contributed by atoms with Gasteiger partial charge in [0.2, 0.25) is 5.91 Å². The Morgan fingerprint density at radius 3 is 2.61 bits per heavy atom. The number of thiophene rings is 1. The third kappa shape index (κ3) is 4.28. The van der Waals surface area contributed by atoms with Gasteiger partial charge in [-0.3, -0.25) is 9.69 Å². The van der Waals surface area contributed by atoms with Crippen molar-refractivity contribution >= 4 is 27.3 Å². The Morgan fingerprint density at radius 1 is 1.03 bits per heavy atom. The first-order valence-corrected chi connectivity index (χ1v) is 12.6. The van der Waals surface area contributed by atoms with Crippen LogP contribution in [-0.4, -0.2) is 47.9 Å². The van der Waals surface area contributed by atoms with E-state index in [0.29, 0.717) is 18.5 Å². The molecule has 2 atom stereocenters. The van der Waals surface area contributed by atoms with Gasteiger partial charge in [-0.2, -0.15) is 0 Å². The zero-order valence-electron chi connectivity index (χ0n) is 18.4. The summed E-state index contributed by atoms with van der Waals surface area (Å²) >= 11 is 1.78. The molecule has 162 valence electrons. The van der Waals surface area contributed by atoms with E-state index in [2.05, 4.69) is 63.7 Å². The van der Waals surface area contributed by atoms with E-state index in [1.54, 1.807) is 11.3 Å². The predicted molar refractivity (Wildman–Crippen MR) is 131 cm³/mol. The minimum absolute atomic E-state index is 0.256. The number of carbonyl (C=O) groups excluding carboxylic acids is 1. The molecule has 2 fully saturated rings. The second kappa shape index (κ2) is 9.13. The van der Waals surface area contributed by atoms with Crippen molar-refractivity contribution in [3.05, 3.63) is 59.5 Å². The number of rotatable bonds is 5. The molecule has 2 unspecified atom stereocenters. The van der Waals surface area contributed by atoms with Gasteiger partial charge >= 0.3 is 0 Å². The Balaban J connectivity index is 1.34. The van der Waals surface area contributed by atoms with Crippen molar-refractivity contribution in [1.82, 2.24) is 9.80 Å². The van der Waals surface area contributed by atoms with Gasteiger partial charge in [0.1, 0.15) is 0 Å². The van der Waals surface area contributed by atoms with Gasteiger partial charge in [-0.05, 0) is 67.4 Å². The maximum atomic E-state index is 13.3.